The summed E-state index contributed by atoms with van der Waals surface area (Å²) in [5.41, 5.74) is 15.7. The number of para-hydroxylation sites is 1. The molecule has 0 saturated heterocycles. The minimum absolute atomic E-state index is 0.104. The van der Waals surface area contributed by atoms with Gasteiger partial charge in [0.1, 0.15) is 5.75 Å². The van der Waals surface area contributed by atoms with Gasteiger partial charge in [-0.2, -0.15) is 0 Å². The number of hydrogen-bond donors (Lipinski definition) is 5. The molecule has 0 bridgehead atoms. The van der Waals surface area contributed by atoms with Crippen LogP contribution in [0, 0.1) is 0 Å². The zero-order valence-corrected chi connectivity index (χ0v) is 22.6. The van der Waals surface area contributed by atoms with Crippen molar-refractivity contribution in [3.05, 3.63) is 125 Å². The Morgan fingerprint density at radius 3 is 2.66 bits per heavy atom. The van der Waals surface area contributed by atoms with Crippen molar-refractivity contribution in [1.29, 1.82) is 0 Å². The first kappa shape index (κ1) is 25.1. The van der Waals surface area contributed by atoms with Crippen molar-refractivity contribution >= 4 is 27.7 Å². The summed E-state index contributed by atoms with van der Waals surface area (Å²) in [5.74, 6) is 0.0717. The normalized spacial score (nSPS) is 12.8. The third-order valence-electron chi connectivity index (χ3n) is 8.04. The molecule has 204 valence electrons. The summed E-state index contributed by atoms with van der Waals surface area (Å²) >= 11 is 0. The van der Waals surface area contributed by atoms with Gasteiger partial charge < -0.3 is 31.0 Å². The Balaban J connectivity index is 1.16. The van der Waals surface area contributed by atoms with Crippen LogP contribution in [0.1, 0.15) is 38.3 Å². The van der Waals surface area contributed by atoms with Crippen molar-refractivity contribution < 1.29 is 9.90 Å². The SMILES string of the molecule is NCc1cccc(Cn2ccc3ccc(CNCc4[nH]c5ccccc5c4-c4c(O)ccc5c4CNC5=O)cc32)c1. The van der Waals surface area contributed by atoms with E-state index in [0.717, 1.165) is 39.8 Å². The topological polar surface area (TPSA) is 108 Å². The number of benzene rings is 4. The molecular formula is C34H31N5O2. The Labute approximate surface area is 237 Å². The van der Waals surface area contributed by atoms with Crippen molar-refractivity contribution in [3.8, 4) is 16.9 Å². The van der Waals surface area contributed by atoms with E-state index in [1.165, 1.54) is 22.0 Å². The van der Waals surface area contributed by atoms with Gasteiger partial charge in [0.2, 0.25) is 0 Å². The second-order valence-electron chi connectivity index (χ2n) is 10.7. The Morgan fingerprint density at radius 2 is 1.76 bits per heavy atom. The number of nitrogens with zero attached hydrogens (tertiary/aromatic N) is 1. The number of aromatic nitrogens is 2. The van der Waals surface area contributed by atoms with Gasteiger partial charge in [0.25, 0.3) is 5.91 Å². The molecule has 7 heteroatoms. The highest BCUT2D eigenvalue weighted by Crippen LogP contribution is 2.42. The van der Waals surface area contributed by atoms with Gasteiger partial charge in [-0.25, -0.2) is 0 Å². The molecule has 3 heterocycles. The number of fused-ring (bicyclic) bond motifs is 3. The van der Waals surface area contributed by atoms with Crippen molar-refractivity contribution in [2.24, 2.45) is 5.73 Å². The summed E-state index contributed by atoms with van der Waals surface area (Å²) in [6, 6.07) is 28.6. The first-order valence-corrected chi connectivity index (χ1v) is 13.9. The number of rotatable bonds is 8. The molecule has 6 aromatic rings. The van der Waals surface area contributed by atoms with Gasteiger partial charge in [0.15, 0.2) is 0 Å². The number of aromatic amines is 1. The van der Waals surface area contributed by atoms with Crippen molar-refractivity contribution in [1.82, 2.24) is 20.2 Å². The van der Waals surface area contributed by atoms with E-state index in [1.807, 2.05) is 18.2 Å². The average Bonchev–Trinajstić information content (AvgIpc) is 3.68. The second kappa shape index (κ2) is 10.3. The van der Waals surface area contributed by atoms with Crippen LogP contribution in [-0.2, 0) is 32.7 Å². The molecule has 1 aliphatic rings. The summed E-state index contributed by atoms with van der Waals surface area (Å²) < 4.78 is 2.28. The van der Waals surface area contributed by atoms with Crippen LogP contribution in [0.15, 0.2) is 91.1 Å². The van der Waals surface area contributed by atoms with Gasteiger partial charge in [-0.1, -0.05) is 54.6 Å². The Bertz CT molecular complexity index is 1930. The summed E-state index contributed by atoms with van der Waals surface area (Å²) in [5, 5.41) is 19.7. The number of hydrogen-bond acceptors (Lipinski definition) is 4. The fourth-order valence-electron chi connectivity index (χ4n) is 6.05. The number of nitrogens with one attached hydrogen (secondary N) is 3. The molecule has 4 aromatic carbocycles. The molecule has 0 fully saturated rings. The Hall–Kier alpha value is -4.85. The van der Waals surface area contributed by atoms with E-state index in [-0.39, 0.29) is 11.7 Å². The first-order chi connectivity index (χ1) is 20.1. The highest BCUT2D eigenvalue weighted by Gasteiger charge is 2.27. The maximum absolute atomic E-state index is 12.4. The average molecular weight is 542 g/mol. The third kappa shape index (κ3) is 4.55. The summed E-state index contributed by atoms with van der Waals surface area (Å²) in [7, 11) is 0. The van der Waals surface area contributed by atoms with Crippen molar-refractivity contribution in [3.63, 3.8) is 0 Å². The number of carbonyl (C=O) groups excluding carboxylic acids is 1. The number of phenolic OH excluding ortho intramolecular Hbond substituents is 1. The standard InChI is InChI=1S/C34H31N5O2/c35-16-21-4-3-5-23(14-21)20-39-13-12-24-9-8-22(15-30(24)39)17-36-19-29-32(26-6-1-2-7-28(26)38-29)33-27-18-37-34(41)25(27)10-11-31(33)40/h1-15,36,38,40H,16-20,35H2,(H,37,41). The maximum atomic E-state index is 12.4. The van der Waals surface area contributed by atoms with Crippen molar-refractivity contribution in [2.45, 2.75) is 32.7 Å². The van der Waals surface area contributed by atoms with Crippen LogP contribution < -0.4 is 16.4 Å². The number of aromatic hydroxyl groups is 1. The highest BCUT2D eigenvalue weighted by atomic mass is 16.3. The molecule has 1 aliphatic heterocycles. The van der Waals surface area contributed by atoms with Crippen LogP contribution in [-0.4, -0.2) is 20.6 Å². The lowest BCUT2D eigenvalue weighted by atomic mass is 9.93. The molecule has 0 radical (unpaired) electrons. The zero-order chi connectivity index (χ0) is 27.9. The number of H-pyrrole nitrogens is 1. The molecule has 41 heavy (non-hydrogen) atoms. The van der Waals surface area contributed by atoms with Gasteiger partial charge in [0.05, 0.1) is 0 Å². The van der Waals surface area contributed by atoms with Gasteiger partial charge in [-0.05, 0) is 58.0 Å². The maximum Gasteiger partial charge on any atom is 0.251 e. The molecule has 0 unspecified atom stereocenters. The second-order valence-corrected chi connectivity index (χ2v) is 10.7. The number of carbonyl (C=O) groups is 1. The molecule has 0 atom stereocenters. The van der Waals surface area contributed by atoms with Gasteiger partial charge >= 0.3 is 0 Å². The lowest BCUT2D eigenvalue weighted by Gasteiger charge is -2.13. The molecule has 2 aromatic heterocycles. The predicted molar refractivity (Wildman–Crippen MR) is 162 cm³/mol. The molecule has 0 spiro atoms. The van der Waals surface area contributed by atoms with Gasteiger partial charge in [0, 0.05) is 77.7 Å². The van der Waals surface area contributed by atoms with E-state index in [4.69, 9.17) is 5.73 Å². The van der Waals surface area contributed by atoms with Crippen molar-refractivity contribution in [2.75, 3.05) is 0 Å². The molecule has 0 saturated carbocycles. The predicted octanol–water partition coefficient (Wildman–Crippen LogP) is 5.54. The van der Waals surface area contributed by atoms with Crippen LogP contribution in [0.25, 0.3) is 32.9 Å². The summed E-state index contributed by atoms with van der Waals surface area (Å²) in [6.45, 7) is 2.97. The van der Waals surface area contributed by atoms with Crippen LogP contribution in [0.3, 0.4) is 0 Å². The fourth-order valence-corrected chi connectivity index (χ4v) is 6.05. The lowest BCUT2D eigenvalue weighted by molar-refractivity contribution is 0.0965. The quantitative estimate of drug-likeness (QED) is 0.174. The Kier molecular flexibility index (Phi) is 6.30. The van der Waals surface area contributed by atoms with E-state index >= 15 is 0 Å². The smallest absolute Gasteiger partial charge is 0.251 e. The third-order valence-corrected chi connectivity index (χ3v) is 8.04. The largest absolute Gasteiger partial charge is 0.507 e. The van der Waals surface area contributed by atoms with Crippen LogP contribution in [0.4, 0.5) is 0 Å². The van der Waals surface area contributed by atoms with Gasteiger partial charge in [-0.15, -0.1) is 0 Å². The van der Waals surface area contributed by atoms with Crippen LogP contribution >= 0.6 is 0 Å². The van der Waals surface area contributed by atoms with E-state index in [2.05, 4.69) is 81.0 Å². The number of nitrogens with two attached hydrogens (primary N) is 1. The molecule has 7 nitrogen and oxygen atoms in total. The number of phenols is 1. The Morgan fingerprint density at radius 1 is 0.878 bits per heavy atom. The van der Waals surface area contributed by atoms with Crippen LogP contribution in [0.2, 0.25) is 0 Å². The minimum atomic E-state index is -0.104. The monoisotopic (exact) mass is 541 g/mol. The molecule has 7 rings (SSSR count). The molecular weight excluding hydrogens is 510 g/mol. The van der Waals surface area contributed by atoms with Crippen LogP contribution in [0.5, 0.6) is 5.75 Å². The molecule has 0 aliphatic carbocycles. The number of amides is 1. The summed E-state index contributed by atoms with van der Waals surface area (Å²) in [6.07, 6.45) is 2.14. The van der Waals surface area contributed by atoms with E-state index in [0.29, 0.717) is 37.3 Å². The first-order valence-electron chi connectivity index (χ1n) is 13.9. The van der Waals surface area contributed by atoms with E-state index in [1.54, 1.807) is 12.1 Å². The minimum Gasteiger partial charge on any atom is -0.507 e. The summed E-state index contributed by atoms with van der Waals surface area (Å²) in [4.78, 5) is 15.9. The van der Waals surface area contributed by atoms with Gasteiger partial charge in [-0.3, -0.25) is 4.79 Å². The van der Waals surface area contributed by atoms with E-state index < -0.39 is 0 Å². The zero-order valence-electron chi connectivity index (χ0n) is 22.6. The molecule has 1 amide bonds. The van der Waals surface area contributed by atoms with E-state index in [9.17, 15) is 9.90 Å². The fraction of sp³-hybridized carbons (Fsp3) is 0.147. The highest BCUT2D eigenvalue weighted by molar-refractivity contribution is 6.05. The molecule has 6 N–H and O–H groups in total. The lowest BCUT2D eigenvalue weighted by Crippen LogP contribution is -2.14.